The van der Waals surface area contributed by atoms with E-state index in [0.29, 0.717) is 28.6 Å². The van der Waals surface area contributed by atoms with Gasteiger partial charge < -0.3 is 25.6 Å². The molecule has 0 aliphatic carbocycles. The maximum absolute atomic E-state index is 11.2. The van der Waals surface area contributed by atoms with Crippen molar-refractivity contribution < 1.29 is 19.4 Å². The molecule has 0 atom stereocenters. The fourth-order valence-electron chi connectivity index (χ4n) is 1.92. The predicted molar refractivity (Wildman–Crippen MR) is 80.6 cm³/mol. The number of hydrogen-bond donors (Lipinski definition) is 3. The molecule has 0 aliphatic rings. The molecule has 2 rings (SSSR count). The highest BCUT2D eigenvalue weighted by Crippen LogP contribution is 2.32. The van der Waals surface area contributed by atoms with E-state index in [1.165, 1.54) is 13.2 Å². The summed E-state index contributed by atoms with van der Waals surface area (Å²) in [7, 11) is 3.08. The van der Waals surface area contributed by atoms with Crippen molar-refractivity contribution >= 4 is 23.0 Å². The Morgan fingerprint density at radius 3 is 2.43 bits per heavy atom. The summed E-state index contributed by atoms with van der Waals surface area (Å²) in [5.41, 5.74) is 7.40. The number of carbonyl (C=O) groups is 1. The van der Waals surface area contributed by atoms with Crippen molar-refractivity contribution in [3.05, 3.63) is 42.0 Å². The minimum Gasteiger partial charge on any atom is -0.493 e. The average molecular weight is 288 g/mol. The molecule has 0 saturated carbocycles. The molecule has 0 saturated heterocycles. The molecule has 6 nitrogen and oxygen atoms in total. The molecule has 6 heteroatoms. The molecule has 0 spiro atoms. The standard InChI is InChI=1S/C15H16N2O4/c1-20-13-6-4-10(8-14(13)21-2)17-12-7-9(16)3-5-11(12)15(18)19/h3-8,17H,16H2,1-2H3,(H,18,19). The van der Waals surface area contributed by atoms with Crippen LogP contribution in [0.5, 0.6) is 11.5 Å². The lowest BCUT2D eigenvalue weighted by molar-refractivity contribution is 0.0698. The highest BCUT2D eigenvalue weighted by atomic mass is 16.5. The Kier molecular flexibility index (Phi) is 4.18. The summed E-state index contributed by atoms with van der Waals surface area (Å²) in [6.07, 6.45) is 0. The number of carboxylic acid groups (broad SMARTS) is 1. The van der Waals surface area contributed by atoms with Crippen molar-refractivity contribution in [3.63, 3.8) is 0 Å². The Hall–Kier alpha value is -2.89. The zero-order valence-corrected chi connectivity index (χ0v) is 11.7. The Balaban J connectivity index is 2.38. The van der Waals surface area contributed by atoms with Crippen LogP contribution in [-0.2, 0) is 0 Å². The maximum atomic E-state index is 11.2. The monoisotopic (exact) mass is 288 g/mol. The van der Waals surface area contributed by atoms with Gasteiger partial charge in [-0.2, -0.15) is 0 Å². The van der Waals surface area contributed by atoms with Gasteiger partial charge in [0.25, 0.3) is 0 Å². The maximum Gasteiger partial charge on any atom is 0.337 e. The van der Waals surface area contributed by atoms with Gasteiger partial charge in [0.2, 0.25) is 0 Å². The van der Waals surface area contributed by atoms with Crippen LogP contribution in [0.15, 0.2) is 36.4 Å². The van der Waals surface area contributed by atoms with Crippen molar-refractivity contribution in [2.45, 2.75) is 0 Å². The summed E-state index contributed by atoms with van der Waals surface area (Å²) in [6, 6.07) is 9.78. The minimum absolute atomic E-state index is 0.138. The summed E-state index contributed by atoms with van der Waals surface area (Å²) >= 11 is 0. The Labute approximate surface area is 122 Å². The molecular formula is C15H16N2O4. The molecule has 0 aromatic heterocycles. The number of nitrogens with one attached hydrogen (secondary N) is 1. The molecular weight excluding hydrogens is 272 g/mol. The van der Waals surface area contributed by atoms with Crippen molar-refractivity contribution in [2.24, 2.45) is 0 Å². The van der Waals surface area contributed by atoms with Gasteiger partial charge in [0, 0.05) is 17.4 Å². The molecule has 0 amide bonds. The van der Waals surface area contributed by atoms with Crippen molar-refractivity contribution in [1.29, 1.82) is 0 Å². The molecule has 0 fully saturated rings. The van der Waals surface area contributed by atoms with Crippen LogP contribution >= 0.6 is 0 Å². The Morgan fingerprint density at radius 2 is 1.81 bits per heavy atom. The SMILES string of the molecule is COc1ccc(Nc2cc(N)ccc2C(=O)O)cc1OC. The molecule has 0 bridgehead atoms. The van der Waals surface area contributed by atoms with E-state index >= 15 is 0 Å². The van der Waals surface area contributed by atoms with E-state index in [1.54, 1.807) is 37.4 Å². The molecule has 0 radical (unpaired) electrons. The van der Waals surface area contributed by atoms with Crippen molar-refractivity contribution in [3.8, 4) is 11.5 Å². The third-order valence-electron chi connectivity index (χ3n) is 2.94. The summed E-state index contributed by atoms with van der Waals surface area (Å²) in [6.45, 7) is 0. The molecule has 0 unspecified atom stereocenters. The summed E-state index contributed by atoms with van der Waals surface area (Å²) in [4.78, 5) is 11.2. The van der Waals surface area contributed by atoms with Crippen LogP contribution in [0.25, 0.3) is 0 Å². The second-order valence-corrected chi connectivity index (χ2v) is 4.30. The van der Waals surface area contributed by atoms with Gasteiger partial charge in [-0.3, -0.25) is 0 Å². The van der Waals surface area contributed by atoms with E-state index in [4.69, 9.17) is 15.2 Å². The number of nitrogen functional groups attached to an aromatic ring is 1. The minimum atomic E-state index is -1.03. The van der Waals surface area contributed by atoms with E-state index in [0.717, 1.165) is 0 Å². The van der Waals surface area contributed by atoms with Crippen LogP contribution in [0.1, 0.15) is 10.4 Å². The van der Waals surface area contributed by atoms with E-state index in [2.05, 4.69) is 5.32 Å². The molecule has 2 aromatic rings. The number of ether oxygens (including phenoxy) is 2. The normalized spacial score (nSPS) is 10.0. The van der Waals surface area contributed by atoms with Crippen LogP contribution < -0.4 is 20.5 Å². The Bertz CT molecular complexity index is 671. The van der Waals surface area contributed by atoms with Crippen LogP contribution in [0, 0.1) is 0 Å². The van der Waals surface area contributed by atoms with Gasteiger partial charge in [0.15, 0.2) is 11.5 Å². The summed E-state index contributed by atoms with van der Waals surface area (Å²) in [5.74, 6) is 0.107. The van der Waals surface area contributed by atoms with Gasteiger partial charge in [0.1, 0.15) is 0 Å². The lowest BCUT2D eigenvalue weighted by atomic mass is 10.1. The van der Waals surface area contributed by atoms with Gasteiger partial charge in [0.05, 0.1) is 25.5 Å². The van der Waals surface area contributed by atoms with Crippen LogP contribution in [-0.4, -0.2) is 25.3 Å². The van der Waals surface area contributed by atoms with E-state index in [-0.39, 0.29) is 5.56 Å². The first-order valence-electron chi connectivity index (χ1n) is 6.17. The number of hydrogen-bond acceptors (Lipinski definition) is 5. The largest absolute Gasteiger partial charge is 0.493 e. The van der Waals surface area contributed by atoms with Crippen molar-refractivity contribution in [1.82, 2.24) is 0 Å². The van der Waals surface area contributed by atoms with Gasteiger partial charge in [-0.25, -0.2) is 4.79 Å². The number of aromatic carboxylic acids is 1. The summed E-state index contributed by atoms with van der Waals surface area (Å²) < 4.78 is 10.4. The fraction of sp³-hybridized carbons (Fsp3) is 0.133. The molecule has 21 heavy (non-hydrogen) atoms. The topological polar surface area (TPSA) is 93.8 Å². The first-order valence-corrected chi connectivity index (χ1v) is 6.17. The second kappa shape index (κ2) is 6.04. The first kappa shape index (κ1) is 14.5. The highest BCUT2D eigenvalue weighted by Gasteiger charge is 2.11. The number of rotatable bonds is 5. The molecule has 0 heterocycles. The molecule has 0 aliphatic heterocycles. The molecule has 2 aromatic carbocycles. The zero-order valence-electron chi connectivity index (χ0n) is 11.7. The number of carboxylic acids is 1. The average Bonchev–Trinajstić information content (AvgIpc) is 2.46. The van der Waals surface area contributed by atoms with Crippen LogP contribution in [0.2, 0.25) is 0 Å². The third kappa shape index (κ3) is 3.17. The van der Waals surface area contributed by atoms with Crippen LogP contribution in [0.4, 0.5) is 17.1 Å². The Morgan fingerprint density at radius 1 is 1.10 bits per heavy atom. The van der Waals surface area contributed by atoms with Gasteiger partial charge >= 0.3 is 5.97 Å². The van der Waals surface area contributed by atoms with Crippen molar-refractivity contribution in [2.75, 3.05) is 25.3 Å². The van der Waals surface area contributed by atoms with Crippen LogP contribution in [0.3, 0.4) is 0 Å². The zero-order chi connectivity index (χ0) is 15.4. The van der Waals surface area contributed by atoms with E-state index in [9.17, 15) is 9.90 Å². The lowest BCUT2D eigenvalue weighted by Gasteiger charge is -2.13. The number of nitrogens with two attached hydrogens (primary N) is 1. The molecule has 4 N–H and O–H groups in total. The number of methoxy groups -OCH3 is 2. The lowest BCUT2D eigenvalue weighted by Crippen LogP contribution is -2.04. The summed E-state index contributed by atoms with van der Waals surface area (Å²) in [5, 5.41) is 12.2. The van der Waals surface area contributed by atoms with E-state index in [1.807, 2.05) is 0 Å². The smallest absolute Gasteiger partial charge is 0.337 e. The highest BCUT2D eigenvalue weighted by molar-refractivity contribution is 5.96. The molecule has 110 valence electrons. The first-order chi connectivity index (χ1) is 10.0. The third-order valence-corrected chi connectivity index (χ3v) is 2.94. The predicted octanol–water partition coefficient (Wildman–Crippen LogP) is 2.73. The number of benzene rings is 2. The van der Waals surface area contributed by atoms with E-state index < -0.39 is 5.97 Å². The van der Waals surface area contributed by atoms with Gasteiger partial charge in [-0.15, -0.1) is 0 Å². The quantitative estimate of drug-likeness (QED) is 0.732. The second-order valence-electron chi connectivity index (χ2n) is 4.30. The number of anilines is 3. The van der Waals surface area contributed by atoms with Gasteiger partial charge in [-0.1, -0.05) is 0 Å². The fourth-order valence-corrected chi connectivity index (χ4v) is 1.92. The van der Waals surface area contributed by atoms with Gasteiger partial charge in [-0.05, 0) is 30.3 Å².